The molecule has 2 N–H and O–H groups in total. The van der Waals surface area contributed by atoms with Gasteiger partial charge < -0.3 is 10.5 Å². The quantitative estimate of drug-likeness (QED) is 0.819. The molecule has 2 nitrogen and oxygen atoms in total. The average Bonchev–Trinajstić information content (AvgIpc) is 2.12. The summed E-state index contributed by atoms with van der Waals surface area (Å²) in [4.78, 5) is 0. The van der Waals surface area contributed by atoms with Crippen molar-refractivity contribution in [3.63, 3.8) is 0 Å². The highest BCUT2D eigenvalue weighted by Crippen LogP contribution is 2.31. The van der Waals surface area contributed by atoms with E-state index in [0.29, 0.717) is 4.47 Å². The summed E-state index contributed by atoms with van der Waals surface area (Å²) in [5, 5.41) is 0. The SMILES string of the molecule is COc1c(Br)cc(CN)c(F)c1F. The molecule has 0 bridgehead atoms. The van der Waals surface area contributed by atoms with Crippen LogP contribution in [-0.2, 0) is 6.54 Å². The van der Waals surface area contributed by atoms with Gasteiger partial charge in [-0.05, 0) is 22.0 Å². The van der Waals surface area contributed by atoms with Crippen LogP contribution in [0, 0.1) is 11.6 Å². The molecule has 0 aromatic heterocycles. The van der Waals surface area contributed by atoms with E-state index in [2.05, 4.69) is 20.7 Å². The van der Waals surface area contributed by atoms with Crippen molar-refractivity contribution >= 4 is 15.9 Å². The van der Waals surface area contributed by atoms with E-state index in [9.17, 15) is 8.78 Å². The Kier molecular flexibility index (Phi) is 3.22. The van der Waals surface area contributed by atoms with Crippen molar-refractivity contribution in [1.29, 1.82) is 0 Å². The van der Waals surface area contributed by atoms with Crippen molar-refractivity contribution in [3.05, 3.63) is 27.7 Å². The van der Waals surface area contributed by atoms with Crippen molar-refractivity contribution in [2.45, 2.75) is 6.54 Å². The van der Waals surface area contributed by atoms with Crippen molar-refractivity contribution in [1.82, 2.24) is 0 Å². The van der Waals surface area contributed by atoms with Crippen LogP contribution in [0.4, 0.5) is 8.78 Å². The summed E-state index contributed by atoms with van der Waals surface area (Å²) in [7, 11) is 1.27. The number of hydrogen-bond donors (Lipinski definition) is 1. The highest BCUT2D eigenvalue weighted by molar-refractivity contribution is 9.10. The average molecular weight is 252 g/mol. The van der Waals surface area contributed by atoms with Crippen LogP contribution in [0.1, 0.15) is 5.56 Å². The lowest BCUT2D eigenvalue weighted by Crippen LogP contribution is -2.04. The fourth-order valence-corrected chi connectivity index (χ4v) is 1.58. The first-order valence-electron chi connectivity index (χ1n) is 3.52. The van der Waals surface area contributed by atoms with Crippen LogP contribution in [0.3, 0.4) is 0 Å². The fourth-order valence-electron chi connectivity index (χ4n) is 0.963. The number of ether oxygens (including phenoxy) is 1. The Bertz CT molecular complexity index is 330. The molecule has 0 saturated heterocycles. The van der Waals surface area contributed by atoms with Gasteiger partial charge in [0.2, 0.25) is 5.82 Å². The van der Waals surface area contributed by atoms with Crippen LogP contribution in [-0.4, -0.2) is 7.11 Å². The molecule has 13 heavy (non-hydrogen) atoms. The van der Waals surface area contributed by atoms with Gasteiger partial charge in [0.25, 0.3) is 0 Å². The van der Waals surface area contributed by atoms with E-state index in [1.807, 2.05) is 0 Å². The molecule has 0 atom stereocenters. The normalized spacial score (nSPS) is 10.2. The lowest BCUT2D eigenvalue weighted by molar-refractivity contribution is 0.367. The van der Waals surface area contributed by atoms with Crippen molar-refractivity contribution in [3.8, 4) is 5.75 Å². The summed E-state index contributed by atoms with van der Waals surface area (Å²) in [6.45, 7) is -0.0503. The Hall–Kier alpha value is -0.680. The Morgan fingerprint density at radius 2 is 2.08 bits per heavy atom. The molecule has 0 aliphatic heterocycles. The summed E-state index contributed by atoms with van der Waals surface area (Å²) in [5.41, 5.74) is 5.33. The fraction of sp³-hybridized carbons (Fsp3) is 0.250. The topological polar surface area (TPSA) is 35.2 Å². The molecule has 0 spiro atoms. The highest BCUT2D eigenvalue weighted by Gasteiger charge is 2.16. The molecule has 0 aliphatic rings. The third-order valence-corrected chi connectivity index (χ3v) is 2.20. The summed E-state index contributed by atoms with van der Waals surface area (Å²) < 4.78 is 31.2. The van der Waals surface area contributed by atoms with Crippen LogP contribution in [0.2, 0.25) is 0 Å². The zero-order chi connectivity index (χ0) is 10.0. The largest absolute Gasteiger partial charge is 0.492 e. The van der Waals surface area contributed by atoms with Crippen molar-refractivity contribution in [2.24, 2.45) is 5.73 Å². The molecule has 0 heterocycles. The van der Waals surface area contributed by atoms with Crippen molar-refractivity contribution < 1.29 is 13.5 Å². The monoisotopic (exact) mass is 251 g/mol. The molecule has 0 radical (unpaired) electrons. The van der Waals surface area contributed by atoms with E-state index in [0.717, 1.165) is 0 Å². The number of rotatable bonds is 2. The van der Waals surface area contributed by atoms with Gasteiger partial charge in [0.15, 0.2) is 11.6 Å². The minimum atomic E-state index is -1.02. The number of nitrogens with two attached hydrogens (primary N) is 1. The molecule has 0 unspecified atom stereocenters. The van der Waals surface area contributed by atoms with Gasteiger partial charge in [-0.3, -0.25) is 0 Å². The van der Waals surface area contributed by atoms with E-state index < -0.39 is 11.6 Å². The maximum absolute atomic E-state index is 13.1. The Morgan fingerprint density at radius 3 is 2.54 bits per heavy atom. The molecule has 0 fully saturated rings. The molecule has 1 aromatic rings. The van der Waals surface area contributed by atoms with Gasteiger partial charge in [-0.25, -0.2) is 4.39 Å². The first kappa shape index (κ1) is 10.4. The summed E-state index contributed by atoms with van der Waals surface area (Å²) in [6, 6.07) is 1.40. The molecule has 0 amide bonds. The first-order valence-corrected chi connectivity index (χ1v) is 4.31. The zero-order valence-electron chi connectivity index (χ0n) is 6.90. The first-order chi connectivity index (χ1) is 6.11. The minimum Gasteiger partial charge on any atom is -0.492 e. The predicted molar refractivity (Wildman–Crippen MR) is 48.5 cm³/mol. The number of halogens is 3. The summed E-state index contributed by atoms with van der Waals surface area (Å²) >= 11 is 3.05. The van der Waals surface area contributed by atoms with E-state index in [1.165, 1.54) is 13.2 Å². The van der Waals surface area contributed by atoms with Crippen LogP contribution >= 0.6 is 15.9 Å². The second-order valence-electron chi connectivity index (χ2n) is 2.38. The summed E-state index contributed by atoms with van der Waals surface area (Å²) in [5.74, 6) is -2.12. The van der Waals surface area contributed by atoms with E-state index >= 15 is 0 Å². The van der Waals surface area contributed by atoms with Crippen LogP contribution in [0.5, 0.6) is 5.75 Å². The maximum atomic E-state index is 13.1. The molecule has 0 saturated carbocycles. The van der Waals surface area contributed by atoms with E-state index in [4.69, 9.17) is 5.73 Å². The van der Waals surface area contributed by atoms with Crippen molar-refractivity contribution in [2.75, 3.05) is 7.11 Å². The third-order valence-electron chi connectivity index (χ3n) is 1.62. The van der Waals surface area contributed by atoms with Gasteiger partial charge in [0, 0.05) is 12.1 Å². The maximum Gasteiger partial charge on any atom is 0.202 e. The van der Waals surface area contributed by atoms with Gasteiger partial charge >= 0.3 is 0 Å². The highest BCUT2D eigenvalue weighted by atomic mass is 79.9. The number of hydrogen-bond acceptors (Lipinski definition) is 2. The van der Waals surface area contributed by atoms with Gasteiger partial charge in [0.05, 0.1) is 11.6 Å². The molecule has 1 aromatic carbocycles. The number of methoxy groups -OCH3 is 1. The Morgan fingerprint density at radius 1 is 1.46 bits per heavy atom. The molecule has 1 rings (SSSR count). The van der Waals surface area contributed by atoms with E-state index in [1.54, 1.807) is 0 Å². The molecule has 0 aliphatic carbocycles. The smallest absolute Gasteiger partial charge is 0.202 e. The molecule has 72 valence electrons. The minimum absolute atomic E-state index is 0.0503. The molecular formula is C8H8BrF2NO. The van der Waals surface area contributed by atoms with Crippen LogP contribution < -0.4 is 10.5 Å². The third kappa shape index (κ3) is 1.81. The second kappa shape index (κ2) is 4.02. The Balaban J connectivity index is 3.37. The zero-order valence-corrected chi connectivity index (χ0v) is 8.49. The molecular weight excluding hydrogens is 244 g/mol. The number of benzene rings is 1. The second-order valence-corrected chi connectivity index (χ2v) is 3.24. The van der Waals surface area contributed by atoms with Gasteiger partial charge in [0.1, 0.15) is 0 Å². The lowest BCUT2D eigenvalue weighted by Gasteiger charge is -2.08. The standard InChI is InChI=1S/C8H8BrF2NO/c1-13-8-5(9)2-4(3-12)6(10)7(8)11/h2H,3,12H2,1H3. The lowest BCUT2D eigenvalue weighted by atomic mass is 10.2. The van der Waals surface area contributed by atoms with Gasteiger partial charge in [-0.15, -0.1) is 0 Å². The van der Waals surface area contributed by atoms with E-state index in [-0.39, 0.29) is 17.9 Å². The van der Waals surface area contributed by atoms with Crippen LogP contribution in [0.15, 0.2) is 10.5 Å². The molecule has 5 heteroatoms. The van der Waals surface area contributed by atoms with Crippen LogP contribution in [0.25, 0.3) is 0 Å². The predicted octanol–water partition coefficient (Wildman–Crippen LogP) is 2.19. The summed E-state index contributed by atoms with van der Waals surface area (Å²) in [6.07, 6.45) is 0. The van der Waals surface area contributed by atoms with Gasteiger partial charge in [-0.1, -0.05) is 0 Å². The Labute approximate surface area is 82.8 Å². The van der Waals surface area contributed by atoms with Gasteiger partial charge in [-0.2, -0.15) is 4.39 Å².